The van der Waals surface area contributed by atoms with Gasteiger partial charge in [0.05, 0.1) is 23.2 Å². The first-order valence-corrected chi connectivity index (χ1v) is 12.9. The second-order valence-electron chi connectivity index (χ2n) is 10.5. The first kappa shape index (κ1) is 28.3. The van der Waals surface area contributed by atoms with Crippen molar-refractivity contribution >= 4 is 23.0 Å². The fourth-order valence-corrected chi connectivity index (χ4v) is 4.27. The van der Waals surface area contributed by atoms with E-state index < -0.39 is 17.3 Å². The first-order chi connectivity index (χ1) is 18.4. The summed E-state index contributed by atoms with van der Waals surface area (Å²) >= 11 is 0. The molecule has 1 fully saturated rings. The number of amides is 2. The lowest BCUT2D eigenvalue weighted by Gasteiger charge is -2.35. The van der Waals surface area contributed by atoms with Gasteiger partial charge in [-0.05, 0) is 75.9 Å². The number of halogens is 3. The van der Waals surface area contributed by atoms with Gasteiger partial charge in [0.2, 0.25) is 0 Å². The number of fused-ring (bicyclic) bond motifs is 1. The van der Waals surface area contributed by atoms with Crippen LogP contribution in [0.25, 0.3) is 11.0 Å². The van der Waals surface area contributed by atoms with Crippen LogP contribution in [0.15, 0.2) is 42.5 Å². The van der Waals surface area contributed by atoms with E-state index in [4.69, 9.17) is 9.47 Å². The van der Waals surface area contributed by atoms with E-state index in [1.807, 2.05) is 39.0 Å². The molecule has 1 saturated heterocycles. The maximum atomic E-state index is 13.0. The number of piperazine rings is 1. The van der Waals surface area contributed by atoms with Crippen LogP contribution in [0.4, 0.5) is 18.0 Å². The third kappa shape index (κ3) is 7.64. The van der Waals surface area contributed by atoms with E-state index in [1.165, 1.54) is 12.1 Å². The molecule has 0 unspecified atom stereocenters. The Balaban J connectivity index is 1.25. The Morgan fingerprint density at radius 1 is 0.974 bits per heavy atom. The minimum Gasteiger partial charge on any atom is -0.494 e. The molecule has 4 rings (SSSR count). The van der Waals surface area contributed by atoms with Crippen LogP contribution in [0.2, 0.25) is 0 Å². The standard InChI is InChI=1S/C28H33F3N4O4/c1-27(2,3)39-26(37)35-14-12-34(13-15-35)25(36)24-32-22-11-10-19(17-23(22)33-24)7-4-5-16-38-21-9-6-8-20(18-21)28(29,30)31/h6,8-11,17-18H,4-5,7,12-16H2,1-3H3,(H,32,33). The minimum atomic E-state index is -4.40. The number of unbranched alkanes of at least 4 members (excludes halogenated alkanes) is 1. The molecule has 0 radical (unpaired) electrons. The minimum absolute atomic E-state index is 0.201. The van der Waals surface area contributed by atoms with Crippen LogP contribution in [0.3, 0.4) is 0 Å². The molecule has 3 aromatic rings. The Bertz CT molecular complexity index is 1310. The van der Waals surface area contributed by atoms with Crippen molar-refractivity contribution in [3.05, 3.63) is 59.4 Å². The van der Waals surface area contributed by atoms with E-state index in [2.05, 4.69) is 9.97 Å². The lowest BCUT2D eigenvalue weighted by molar-refractivity contribution is -0.137. The van der Waals surface area contributed by atoms with E-state index in [0.29, 0.717) is 44.7 Å². The molecule has 0 aliphatic carbocycles. The number of aryl methyl sites for hydroxylation is 1. The summed E-state index contributed by atoms with van der Waals surface area (Å²) in [5.41, 5.74) is 1.19. The van der Waals surface area contributed by atoms with Crippen molar-refractivity contribution in [1.29, 1.82) is 0 Å². The molecule has 1 aliphatic rings. The topological polar surface area (TPSA) is 87.8 Å². The molecule has 0 bridgehead atoms. The Morgan fingerprint density at radius 2 is 1.69 bits per heavy atom. The summed E-state index contributed by atoms with van der Waals surface area (Å²) in [6.45, 7) is 7.33. The number of carbonyl (C=O) groups excluding carboxylic acids is 2. The van der Waals surface area contributed by atoms with Crippen LogP contribution >= 0.6 is 0 Å². The Morgan fingerprint density at radius 3 is 2.38 bits per heavy atom. The van der Waals surface area contributed by atoms with Gasteiger partial charge in [-0.2, -0.15) is 13.2 Å². The fraction of sp³-hybridized carbons (Fsp3) is 0.464. The predicted molar refractivity (Wildman–Crippen MR) is 140 cm³/mol. The molecule has 39 heavy (non-hydrogen) atoms. The van der Waals surface area contributed by atoms with Crippen molar-refractivity contribution in [2.24, 2.45) is 0 Å². The Hall–Kier alpha value is -3.76. The van der Waals surface area contributed by atoms with E-state index in [9.17, 15) is 22.8 Å². The van der Waals surface area contributed by atoms with Crippen LogP contribution in [-0.4, -0.2) is 70.2 Å². The lowest BCUT2D eigenvalue weighted by atomic mass is 10.1. The van der Waals surface area contributed by atoms with Crippen LogP contribution in [0, 0.1) is 0 Å². The average Bonchev–Trinajstić information content (AvgIpc) is 3.30. The number of nitrogens with zero attached hydrogens (tertiary/aromatic N) is 3. The Labute approximate surface area is 225 Å². The van der Waals surface area contributed by atoms with Crippen LogP contribution in [0.5, 0.6) is 5.75 Å². The number of aromatic nitrogens is 2. The predicted octanol–water partition coefficient (Wildman–Crippen LogP) is 5.68. The molecular formula is C28H33F3N4O4. The van der Waals surface area contributed by atoms with Crippen LogP contribution in [-0.2, 0) is 17.3 Å². The average molecular weight is 547 g/mol. The molecule has 1 N–H and O–H groups in total. The third-order valence-corrected chi connectivity index (χ3v) is 6.26. The fourth-order valence-electron chi connectivity index (χ4n) is 4.27. The molecule has 8 nitrogen and oxygen atoms in total. The molecule has 0 atom stereocenters. The molecule has 210 valence electrons. The second kappa shape index (κ2) is 11.5. The Kier molecular flexibility index (Phi) is 8.36. The highest BCUT2D eigenvalue weighted by molar-refractivity contribution is 5.94. The molecule has 2 amide bonds. The van der Waals surface area contributed by atoms with Crippen molar-refractivity contribution < 1.29 is 32.2 Å². The van der Waals surface area contributed by atoms with Gasteiger partial charge in [0, 0.05) is 26.2 Å². The number of carbonyl (C=O) groups is 2. The van der Waals surface area contributed by atoms with Gasteiger partial charge < -0.3 is 24.3 Å². The summed E-state index contributed by atoms with van der Waals surface area (Å²) in [5.74, 6) is 0.234. The van der Waals surface area contributed by atoms with Crippen molar-refractivity contribution in [3.63, 3.8) is 0 Å². The van der Waals surface area contributed by atoms with E-state index in [-0.39, 0.29) is 23.6 Å². The number of imidazole rings is 1. The summed E-state index contributed by atoms with van der Waals surface area (Å²) in [6, 6.07) is 10.6. The third-order valence-electron chi connectivity index (χ3n) is 6.26. The number of aromatic amines is 1. The number of alkyl halides is 3. The highest BCUT2D eigenvalue weighted by Gasteiger charge is 2.31. The maximum Gasteiger partial charge on any atom is 0.416 e. The molecule has 11 heteroatoms. The summed E-state index contributed by atoms with van der Waals surface area (Å²) < 4.78 is 49.4. The van der Waals surface area contributed by atoms with Crippen LogP contribution in [0.1, 0.15) is 55.4 Å². The van der Waals surface area contributed by atoms with Crippen molar-refractivity contribution in [2.75, 3.05) is 32.8 Å². The van der Waals surface area contributed by atoms with Crippen molar-refractivity contribution in [3.8, 4) is 5.75 Å². The number of hydrogen-bond acceptors (Lipinski definition) is 5. The first-order valence-electron chi connectivity index (χ1n) is 12.9. The zero-order chi connectivity index (χ0) is 28.2. The molecule has 2 heterocycles. The zero-order valence-electron chi connectivity index (χ0n) is 22.3. The summed E-state index contributed by atoms with van der Waals surface area (Å²) in [5, 5.41) is 0. The molecular weight excluding hydrogens is 513 g/mol. The highest BCUT2D eigenvalue weighted by atomic mass is 19.4. The van der Waals surface area contributed by atoms with E-state index in [1.54, 1.807) is 9.80 Å². The molecule has 1 aromatic heterocycles. The van der Waals surface area contributed by atoms with Gasteiger partial charge in [0.15, 0.2) is 5.82 Å². The number of benzene rings is 2. The van der Waals surface area contributed by atoms with Gasteiger partial charge in [-0.25, -0.2) is 9.78 Å². The van der Waals surface area contributed by atoms with Crippen molar-refractivity contribution in [1.82, 2.24) is 19.8 Å². The summed E-state index contributed by atoms with van der Waals surface area (Å²) in [4.78, 5) is 36.1. The van der Waals surface area contributed by atoms with Gasteiger partial charge in [0.25, 0.3) is 5.91 Å². The highest BCUT2D eigenvalue weighted by Crippen LogP contribution is 2.31. The lowest BCUT2D eigenvalue weighted by Crippen LogP contribution is -2.51. The summed E-state index contributed by atoms with van der Waals surface area (Å²) in [6.07, 6.45) is -2.57. The number of rotatable bonds is 7. The van der Waals surface area contributed by atoms with Crippen molar-refractivity contribution in [2.45, 2.75) is 51.8 Å². The zero-order valence-corrected chi connectivity index (χ0v) is 22.3. The molecule has 0 saturated carbocycles. The molecule has 0 spiro atoms. The maximum absolute atomic E-state index is 13.0. The van der Waals surface area contributed by atoms with E-state index >= 15 is 0 Å². The van der Waals surface area contributed by atoms with E-state index in [0.717, 1.165) is 36.1 Å². The quantitative estimate of drug-likeness (QED) is 0.386. The van der Waals surface area contributed by atoms with Crippen LogP contribution < -0.4 is 4.74 Å². The van der Waals surface area contributed by atoms with Gasteiger partial charge in [-0.15, -0.1) is 0 Å². The van der Waals surface area contributed by atoms with Gasteiger partial charge in [-0.3, -0.25) is 4.79 Å². The molecule has 1 aliphatic heterocycles. The largest absolute Gasteiger partial charge is 0.494 e. The number of H-pyrrole nitrogens is 1. The smallest absolute Gasteiger partial charge is 0.416 e. The van der Waals surface area contributed by atoms with Gasteiger partial charge in [0.1, 0.15) is 11.4 Å². The molecule has 2 aromatic carbocycles. The number of nitrogens with one attached hydrogen (secondary N) is 1. The number of ether oxygens (including phenoxy) is 2. The second-order valence-corrected chi connectivity index (χ2v) is 10.5. The number of hydrogen-bond donors (Lipinski definition) is 1. The normalized spacial score (nSPS) is 14.5. The van der Waals surface area contributed by atoms with Gasteiger partial charge in [-0.1, -0.05) is 12.1 Å². The van der Waals surface area contributed by atoms with Gasteiger partial charge >= 0.3 is 12.3 Å². The monoisotopic (exact) mass is 546 g/mol. The summed E-state index contributed by atoms with van der Waals surface area (Å²) in [7, 11) is 0. The SMILES string of the molecule is CC(C)(C)OC(=O)N1CCN(C(=O)c2nc3ccc(CCCCOc4cccc(C(F)(F)F)c4)cc3[nH]2)CC1.